The van der Waals surface area contributed by atoms with E-state index < -0.39 is 21.6 Å². The summed E-state index contributed by atoms with van der Waals surface area (Å²) in [4.78, 5) is 26.6. The summed E-state index contributed by atoms with van der Waals surface area (Å²) in [6.07, 6.45) is 4.68. The molecule has 1 amide bonds. The minimum absolute atomic E-state index is 0.00449. The number of likely N-dealkylation sites (tertiary alicyclic amines) is 1. The van der Waals surface area contributed by atoms with E-state index >= 15 is 0 Å². The summed E-state index contributed by atoms with van der Waals surface area (Å²) >= 11 is 0. The van der Waals surface area contributed by atoms with Gasteiger partial charge in [-0.3, -0.25) is 4.72 Å². The van der Waals surface area contributed by atoms with Crippen LogP contribution in [0, 0.1) is 0 Å². The summed E-state index contributed by atoms with van der Waals surface area (Å²) < 4.78 is 35.1. The third-order valence-corrected chi connectivity index (χ3v) is 8.77. The maximum Gasteiger partial charge on any atom is 0.410 e. The van der Waals surface area contributed by atoms with Crippen LogP contribution in [0.2, 0.25) is 0 Å². The largest absolute Gasteiger partial charge is 0.478 e. The van der Waals surface area contributed by atoms with Gasteiger partial charge in [-0.1, -0.05) is 25.1 Å². The van der Waals surface area contributed by atoms with Gasteiger partial charge in [-0.25, -0.2) is 18.0 Å². The Labute approximate surface area is 231 Å². The molecule has 0 aromatic heterocycles. The summed E-state index contributed by atoms with van der Waals surface area (Å²) in [5.74, 6) is -1.11. The number of carbonyl (C=O) groups is 2. The van der Waals surface area contributed by atoms with Crippen molar-refractivity contribution >= 4 is 33.5 Å². The van der Waals surface area contributed by atoms with Gasteiger partial charge in [0.05, 0.1) is 16.9 Å². The lowest BCUT2D eigenvalue weighted by Crippen LogP contribution is -2.40. The number of nitrogens with one attached hydrogen (secondary N) is 2. The molecule has 1 aliphatic carbocycles. The van der Waals surface area contributed by atoms with Crippen LogP contribution < -0.4 is 10.0 Å². The predicted molar refractivity (Wildman–Crippen MR) is 151 cm³/mol. The van der Waals surface area contributed by atoms with Gasteiger partial charge in [0.15, 0.2) is 0 Å². The first-order chi connectivity index (χ1) is 18.4. The first-order valence-corrected chi connectivity index (χ1v) is 15.1. The second kappa shape index (κ2) is 11.5. The molecule has 1 fully saturated rings. The van der Waals surface area contributed by atoms with Crippen LogP contribution in [0.5, 0.6) is 0 Å². The lowest BCUT2D eigenvalue weighted by Gasteiger charge is -2.28. The standard InChI is InChI=1S/C29H39N3O6S/c1-19-9-7-10-20-14-15-23(26(25(19)20)27(33)34)31-39(36,37)24-13-6-5-12-22(24)30-17-16-21-11-8-18-32(21)28(35)38-29(2,3)4/h5-6,12-15,19,21,30-31H,7-11,16-18H2,1-4H3,(H,33,34)/t19-,21-/m0/s1. The number of carboxylic acid groups (broad SMARTS) is 1. The average Bonchev–Trinajstić information content (AvgIpc) is 3.32. The molecule has 2 aromatic carbocycles. The number of nitrogens with zero attached hydrogens (tertiary/aromatic N) is 1. The zero-order valence-corrected chi connectivity index (χ0v) is 23.9. The molecule has 2 atom stereocenters. The second-order valence-corrected chi connectivity index (χ2v) is 13.1. The molecular weight excluding hydrogens is 518 g/mol. The molecule has 0 bridgehead atoms. The fraction of sp³-hybridized carbons (Fsp3) is 0.517. The summed E-state index contributed by atoms with van der Waals surface area (Å²) in [6.45, 7) is 8.59. The van der Waals surface area contributed by atoms with E-state index in [1.54, 1.807) is 29.2 Å². The number of anilines is 2. The number of ether oxygens (including phenoxy) is 1. The van der Waals surface area contributed by atoms with Crippen molar-refractivity contribution in [2.24, 2.45) is 0 Å². The maximum atomic E-state index is 13.5. The molecule has 10 heteroatoms. The van der Waals surface area contributed by atoms with Crippen LogP contribution in [0.15, 0.2) is 41.3 Å². The van der Waals surface area contributed by atoms with E-state index in [0.29, 0.717) is 30.8 Å². The van der Waals surface area contributed by atoms with Gasteiger partial charge in [-0.05, 0) is 94.5 Å². The normalized spacial score (nSPS) is 19.3. The Hall–Kier alpha value is -3.27. The van der Waals surface area contributed by atoms with Crippen molar-refractivity contribution in [3.63, 3.8) is 0 Å². The lowest BCUT2D eigenvalue weighted by atomic mass is 9.80. The summed E-state index contributed by atoms with van der Waals surface area (Å²) in [6, 6.07) is 9.94. The highest BCUT2D eigenvalue weighted by Crippen LogP contribution is 2.38. The summed E-state index contributed by atoms with van der Waals surface area (Å²) in [5, 5.41) is 13.2. The van der Waals surface area contributed by atoms with E-state index in [-0.39, 0.29) is 34.2 Å². The van der Waals surface area contributed by atoms with Crippen LogP contribution in [-0.4, -0.2) is 55.2 Å². The number of carboxylic acids is 1. The predicted octanol–water partition coefficient (Wildman–Crippen LogP) is 5.83. The molecule has 0 radical (unpaired) electrons. The Morgan fingerprint density at radius 1 is 1.08 bits per heavy atom. The average molecular weight is 558 g/mol. The molecule has 9 nitrogen and oxygen atoms in total. The zero-order chi connectivity index (χ0) is 28.4. The molecule has 1 saturated heterocycles. The minimum Gasteiger partial charge on any atom is -0.478 e. The molecule has 0 spiro atoms. The molecule has 1 aliphatic heterocycles. The van der Waals surface area contributed by atoms with E-state index in [1.807, 2.05) is 33.8 Å². The van der Waals surface area contributed by atoms with Gasteiger partial charge in [-0.2, -0.15) is 0 Å². The highest BCUT2D eigenvalue weighted by atomic mass is 32.2. The number of amides is 1. The molecule has 1 heterocycles. The Morgan fingerprint density at radius 2 is 1.82 bits per heavy atom. The highest BCUT2D eigenvalue weighted by molar-refractivity contribution is 7.92. The number of para-hydroxylation sites is 1. The van der Waals surface area contributed by atoms with Crippen molar-refractivity contribution in [3.8, 4) is 0 Å². The van der Waals surface area contributed by atoms with Gasteiger partial charge in [0.1, 0.15) is 10.5 Å². The number of hydrogen-bond acceptors (Lipinski definition) is 6. The van der Waals surface area contributed by atoms with Gasteiger partial charge in [0.2, 0.25) is 0 Å². The van der Waals surface area contributed by atoms with E-state index in [4.69, 9.17) is 4.74 Å². The fourth-order valence-corrected chi connectivity index (χ4v) is 6.88. The van der Waals surface area contributed by atoms with Crippen LogP contribution >= 0.6 is 0 Å². The van der Waals surface area contributed by atoms with E-state index in [0.717, 1.165) is 37.7 Å². The third kappa shape index (κ3) is 6.66. The number of benzene rings is 2. The maximum absolute atomic E-state index is 13.5. The van der Waals surface area contributed by atoms with Crippen molar-refractivity contribution in [2.45, 2.75) is 88.7 Å². The van der Waals surface area contributed by atoms with E-state index in [1.165, 1.54) is 6.07 Å². The van der Waals surface area contributed by atoms with Gasteiger partial charge in [0, 0.05) is 19.1 Å². The number of rotatable bonds is 8. The topological polar surface area (TPSA) is 125 Å². The zero-order valence-electron chi connectivity index (χ0n) is 23.1. The molecular formula is C29H39N3O6S. The van der Waals surface area contributed by atoms with Crippen LogP contribution in [-0.2, 0) is 21.2 Å². The molecule has 0 unspecified atom stereocenters. The van der Waals surface area contributed by atoms with Crippen LogP contribution in [0.1, 0.15) is 87.2 Å². The highest BCUT2D eigenvalue weighted by Gasteiger charge is 2.32. The van der Waals surface area contributed by atoms with Crippen molar-refractivity contribution in [1.29, 1.82) is 0 Å². The molecule has 212 valence electrons. The Bertz CT molecular complexity index is 1340. The second-order valence-electron chi connectivity index (χ2n) is 11.4. The smallest absolute Gasteiger partial charge is 0.410 e. The van der Waals surface area contributed by atoms with Gasteiger partial charge in [0.25, 0.3) is 10.0 Å². The molecule has 4 rings (SSSR count). The van der Waals surface area contributed by atoms with E-state index in [9.17, 15) is 23.1 Å². The molecule has 2 aliphatic rings. The molecule has 3 N–H and O–H groups in total. The molecule has 0 saturated carbocycles. The SMILES string of the molecule is C[C@H]1CCCc2ccc(NS(=O)(=O)c3ccccc3NCC[C@@H]3CCCN3C(=O)OC(C)(C)C)c(C(=O)O)c21. The van der Waals surface area contributed by atoms with Crippen molar-refractivity contribution < 1.29 is 27.9 Å². The monoisotopic (exact) mass is 557 g/mol. The number of aromatic carboxylic acids is 1. The quantitative estimate of drug-likeness (QED) is 0.373. The molecule has 39 heavy (non-hydrogen) atoms. The Kier molecular flexibility index (Phi) is 8.44. The van der Waals surface area contributed by atoms with Crippen LogP contribution in [0.3, 0.4) is 0 Å². The van der Waals surface area contributed by atoms with Gasteiger partial charge in [-0.15, -0.1) is 0 Å². The van der Waals surface area contributed by atoms with Crippen LogP contribution in [0.25, 0.3) is 0 Å². The fourth-order valence-electron chi connectivity index (χ4n) is 5.62. The first kappa shape index (κ1) is 28.7. The first-order valence-electron chi connectivity index (χ1n) is 13.6. The van der Waals surface area contributed by atoms with Crippen molar-refractivity contribution in [2.75, 3.05) is 23.1 Å². The molecule has 2 aromatic rings. The number of hydrogen-bond donors (Lipinski definition) is 3. The number of fused-ring (bicyclic) bond motifs is 1. The van der Waals surface area contributed by atoms with E-state index in [2.05, 4.69) is 10.0 Å². The van der Waals surface area contributed by atoms with Gasteiger partial charge < -0.3 is 20.1 Å². The Balaban J connectivity index is 1.50. The van der Waals surface area contributed by atoms with Crippen molar-refractivity contribution in [1.82, 2.24) is 4.90 Å². The van der Waals surface area contributed by atoms with Crippen LogP contribution in [0.4, 0.5) is 16.2 Å². The summed E-state index contributed by atoms with van der Waals surface area (Å²) in [7, 11) is -4.10. The summed E-state index contributed by atoms with van der Waals surface area (Å²) in [5.41, 5.74) is 1.62. The van der Waals surface area contributed by atoms with Gasteiger partial charge >= 0.3 is 12.1 Å². The third-order valence-electron chi connectivity index (χ3n) is 7.34. The Morgan fingerprint density at radius 3 is 2.54 bits per heavy atom. The number of aryl methyl sites for hydroxylation is 1. The number of carbonyl (C=O) groups excluding carboxylic acids is 1. The lowest BCUT2D eigenvalue weighted by molar-refractivity contribution is 0.0222. The van der Waals surface area contributed by atoms with Crippen molar-refractivity contribution in [3.05, 3.63) is 53.1 Å². The number of sulfonamides is 1. The minimum atomic E-state index is -4.10.